The minimum atomic E-state index is -0.0814. The van der Waals surface area contributed by atoms with E-state index >= 15 is 0 Å². The fraction of sp³-hybridized carbons (Fsp3) is 0.263. The van der Waals surface area contributed by atoms with E-state index in [4.69, 9.17) is 0 Å². The van der Waals surface area contributed by atoms with Crippen molar-refractivity contribution in [3.63, 3.8) is 0 Å². The monoisotopic (exact) mass is 306 g/mol. The zero-order valence-corrected chi connectivity index (χ0v) is 12.8. The van der Waals surface area contributed by atoms with Crippen LogP contribution in [0.25, 0.3) is 0 Å². The highest BCUT2D eigenvalue weighted by atomic mass is 16.2. The van der Waals surface area contributed by atoms with Gasteiger partial charge >= 0.3 is 0 Å². The van der Waals surface area contributed by atoms with Gasteiger partial charge in [0.05, 0.1) is 12.1 Å². The van der Waals surface area contributed by atoms with Crippen molar-refractivity contribution < 1.29 is 9.59 Å². The average molecular weight is 306 g/mol. The fourth-order valence-corrected chi connectivity index (χ4v) is 3.68. The first-order chi connectivity index (χ1) is 11.3. The number of fused-ring (bicyclic) bond motifs is 2. The molecule has 2 aromatic rings. The van der Waals surface area contributed by atoms with E-state index in [9.17, 15) is 9.59 Å². The lowest BCUT2D eigenvalue weighted by Crippen LogP contribution is -2.53. The second-order valence-corrected chi connectivity index (χ2v) is 6.15. The number of benzene rings is 2. The quantitative estimate of drug-likeness (QED) is 0.855. The van der Waals surface area contributed by atoms with Crippen LogP contribution in [0, 0.1) is 0 Å². The summed E-state index contributed by atoms with van der Waals surface area (Å²) >= 11 is 0. The van der Waals surface area contributed by atoms with Crippen LogP contribution < -0.4 is 0 Å². The van der Waals surface area contributed by atoms with Crippen molar-refractivity contribution in [2.45, 2.75) is 31.3 Å². The van der Waals surface area contributed by atoms with E-state index in [1.54, 1.807) is 34.3 Å². The summed E-state index contributed by atoms with van der Waals surface area (Å²) < 4.78 is 0. The predicted molar refractivity (Wildman–Crippen MR) is 86.7 cm³/mol. The molecule has 1 heterocycles. The van der Waals surface area contributed by atoms with Crippen LogP contribution in [-0.2, 0) is 0 Å². The van der Waals surface area contributed by atoms with Crippen LogP contribution >= 0.6 is 0 Å². The summed E-state index contributed by atoms with van der Waals surface area (Å²) in [5.74, 6) is -0.163. The van der Waals surface area contributed by atoms with Crippen LogP contribution in [0.4, 0.5) is 0 Å². The van der Waals surface area contributed by atoms with Gasteiger partial charge in [-0.25, -0.2) is 10.0 Å². The molecule has 23 heavy (non-hydrogen) atoms. The van der Waals surface area contributed by atoms with Gasteiger partial charge in [0.1, 0.15) is 0 Å². The van der Waals surface area contributed by atoms with E-state index in [0.29, 0.717) is 11.1 Å². The van der Waals surface area contributed by atoms with Crippen molar-refractivity contribution in [3.05, 3.63) is 71.8 Å². The van der Waals surface area contributed by atoms with Crippen molar-refractivity contribution in [3.8, 4) is 0 Å². The third-order valence-corrected chi connectivity index (χ3v) is 4.76. The summed E-state index contributed by atoms with van der Waals surface area (Å²) in [5.41, 5.74) is 1.26. The van der Waals surface area contributed by atoms with Crippen molar-refractivity contribution >= 4 is 11.8 Å². The van der Waals surface area contributed by atoms with Gasteiger partial charge < -0.3 is 0 Å². The fourth-order valence-electron chi connectivity index (χ4n) is 3.68. The summed E-state index contributed by atoms with van der Waals surface area (Å²) in [6.07, 6.45) is 2.83. The van der Waals surface area contributed by atoms with Gasteiger partial charge in [-0.15, -0.1) is 0 Å². The normalized spacial score (nSPS) is 22.4. The minimum Gasteiger partial charge on any atom is -0.267 e. The van der Waals surface area contributed by atoms with E-state index in [1.165, 1.54) is 0 Å². The smallest absolute Gasteiger partial charge is 0.267 e. The topological polar surface area (TPSA) is 40.6 Å². The first-order valence-corrected chi connectivity index (χ1v) is 8.03. The maximum Gasteiger partial charge on any atom is 0.272 e. The molecule has 2 amide bonds. The highest BCUT2D eigenvalue weighted by Crippen LogP contribution is 2.39. The van der Waals surface area contributed by atoms with Crippen LogP contribution in [0.5, 0.6) is 0 Å². The Morgan fingerprint density at radius 2 is 1.09 bits per heavy atom. The lowest BCUT2D eigenvalue weighted by molar-refractivity contribution is -0.0188. The third kappa shape index (κ3) is 2.31. The average Bonchev–Trinajstić information content (AvgIpc) is 3.23. The van der Waals surface area contributed by atoms with Crippen molar-refractivity contribution in [2.75, 3.05) is 0 Å². The maximum absolute atomic E-state index is 12.9. The molecule has 2 aromatic carbocycles. The van der Waals surface area contributed by atoms with Gasteiger partial charge in [-0.1, -0.05) is 36.4 Å². The summed E-state index contributed by atoms with van der Waals surface area (Å²) in [7, 11) is 0. The van der Waals surface area contributed by atoms with Crippen LogP contribution in [0.15, 0.2) is 60.7 Å². The predicted octanol–water partition coefficient (Wildman–Crippen LogP) is 3.12. The zero-order valence-electron chi connectivity index (χ0n) is 12.8. The Kier molecular flexibility index (Phi) is 3.37. The Morgan fingerprint density at radius 1 is 0.696 bits per heavy atom. The van der Waals surface area contributed by atoms with Crippen LogP contribution in [0.2, 0.25) is 0 Å². The Hall–Kier alpha value is -2.62. The number of carbonyl (C=O) groups is 2. The van der Waals surface area contributed by atoms with Gasteiger partial charge in [-0.05, 0) is 43.5 Å². The zero-order chi connectivity index (χ0) is 15.8. The second kappa shape index (κ2) is 5.54. The second-order valence-electron chi connectivity index (χ2n) is 6.15. The lowest BCUT2D eigenvalue weighted by atomic mass is 10.1. The number of hydrogen-bond donors (Lipinski definition) is 0. The van der Waals surface area contributed by atoms with Gasteiger partial charge in [0.2, 0.25) is 0 Å². The minimum absolute atomic E-state index is 0.0814. The van der Waals surface area contributed by atoms with Gasteiger partial charge in [0.15, 0.2) is 0 Å². The third-order valence-electron chi connectivity index (χ3n) is 4.76. The molecule has 4 heteroatoms. The maximum atomic E-state index is 12.9. The molecule has 1 aliphatic heterocycles. The molecule has 1 aliphatic carbocycles. The number of rotatable bonds is 2. The summed E-state index contributed by atoms with van der Waals surface area (Å²) in [6, 6.07) is 18.7. The van der Waals surface area contributed by atoms with E-state index < -0.39 is 0 Å². The first kappa shape index (κ1) is 14.0. The van der Waals surface area contributed by atoms with Crippen LogP contribution in [0.1, 0.15) is 40.0 Å². The SMILES string of the molecule is O=C(c1ccccc1)N1[C@@H]2CC[C@@H](C2)N1C(=O)c1ccccc1. The number of carbonyl (C=O) groups excluding carboxylic acids is 2. The van der Waals surface area contributed by atoms with Gasteiger partial charge in [0.25, 0.3) is 11.8 Å². The van der Waals surface area contributed by atoms with Crippen molar-refractivity contribution in [2.24, 2.45) is 0 Å². The largest absolute Gasteiger partial charge is 0.272 e. The highest BCUT2D eigenvalue weighted by molar-refractivity contribution is 6.00. The van der Waals surface area contributed by atoms with E-state index in [0.717, 1.165) is 19.3 Å². The van der Waals surface area contributed by atoms with Crippen molar-refractivity contribution in [1.29, 1.82) is 0 Å². The number of amides is 2. The number of hydrogen-bond acceptors (Lipinski definition) is 2. The molecular weight excluding hydrogens is 288 g/mol. The molecule has 4 nitrogen and oxygen atoms in total. The molecule has 1 saturated heterocycles. The summed E-state index contributed by atoms with van der Waals surface area (Å²) in [4.78, 5) is 25.8. The van der Waals surface area contributed by atoms with Crippen molar-refractivity contribution in [1.82, 2.24) is 10.0 Å². The molecule has 4 rings (SSSR count). The summed E-state index contributed by atoms with van der Waals surface area (Å²) in [5, 5.41) is 3.39. The summed E-state index contributed by atoms with van der Waals surface area (Å²) in [6.45, 7) is 0. The molecule has 116 valence electrons. The van der Waals surface area contributed by atoms with Crippen LogP contribution in [0.3, 0.4) is 0 Å². The lowest BCUT2D eigenvalue weighted by Gasteiger charge is -2.38. The Bertz CT molecular complexity index is 666. The van der Waals surface area contributed by atoms with E-state index in [2.05, 4.69) is 0 Å². The Morgan fingerprint density at radius 3 is 1.48 bits per heavy atom. The Balaban J connectivity index is 1.67. The van der Waals surface area contributed by atoms with Gasteiger partial charge in [-0.2, -0.15) is 0 Å². The van der Waals surface area contributed by atoms with Gasteiger partial charge in [0, 0.05) is 11.1 Å². The Labute approximate surface area is 135 Å². The van der Waals surface area contributed by atoms with Gasteiger partial charge in [-0.3, -0.25) is 9.59 Å². The molecule has 0 unspecified atom stereocenters. The highest BCUT2D eigenvalue weighted by Gasteiger charge is 2.49. The standard InChI is InChI=1S/C19H18N2O2/c22-18(14-7-3-1-4-8-14)20-16-11-12-17(13-16)21(20)19(23)15-9-5-2-6-10-15/h1-10,16-17H,11-13H2/t16-,17+. The van der Waals surface area contributed by atoms with E-state index in [1.807, 2.05) is 36.4 Å². The molecule has 0 aromatic heterocycles. The molecule has 2 atom stereocenters. The molecule has 0 radical (unpaired) electrons. The molecule has 0 spiro atoms. The molecule has 2 fully saturated rings. The van der Waals surface area contributed by atoms with Crippen LogP contribution in [-0.4, -0.2) is 33.9 Å². The molecule has 2 aliphatic rings. The molecule has 1 saturated carbocycles. The molecule has 2 bridgehead atoms. The molecular formula is C19H18N2O2. The number of nitrogens with zero attached hydrogens (tertiary/aromatic N) is 2. The van der Waals surface area contributed by atoms with E-state index in [-0.39, 0.29) is 23.9 Å². The first-order valence-electron chi connectivity index (χ1n) is 8.03. The molecule has 0 N–H and O–H groups in total. The number of hydrazine groups is 1.